The molecule has 1 heterocycles. The van der Waals surface area contributed by atoms with E-state index < -0.39 is 18.1 Å². The third-order valence-corrected chi connectivity index (χ3v) is 7.19. The van der Waals surface area contributed by atoms with Crippen molar-refractivity contribution in [3.8, 4) is 11.1 Å². The molecule has 1 saturated heterocycles. The number of alkyl carbamates (subject to hydrolysis) is 1. The SMILES string of the molecule is CN1CCN(c2ccccc2CC(NC(=O)OCC2c3ccccc3-c3ccccc32)C(=O)O)CC1. The Balaban J connectivity index is 1.25. The Hall–Kier alpha value is -3.84. The number of likely N-dealkylation sites (N-methyl/N-ethyl adjacent to an activating group) is 1. The van der Waals surface area contributed by atoms with Crippen LogP contribution >= 0.6 is 0 Å². The molecule has 1 amide bonds. The first kappa shape index (κ1) is 23.9. The number of carboxylic acids is 1. The van der Waals surface area contributed by atoms with Crippen LogP contribution in [0, 0.1) is 0 Å². The second-order valence-corrected chi connectivity index (χ2v) is 9.48. The van der Waals surface area contributed by atoms with Crippen molar-refractivity contribution in [3.05, 3.63) is 89.5 Å². The lowest BCUT2D eigenvalue weighted by molar-refractivity contribution is -0.139. The normalized spacial score (nSPS) is 16.2. The molecule has 186 valence electrons. The summed E-state index contributed by atoms with van der Waals surface area (Å²) in [6, 6.07) is 23.0. The van der Waals surface area contributed by atoms with Crippen molar-refractivity contribution >= 4 is 17.7 Å². The molecule has 0 spiro atoms. The zero-order valence-electron chi connectivity index (χ0n) is 20.4. The van der Waals surface area contributed by atoms with Crippen LogP contribution in [0.3, 0.4) is 0 Å². The smallest absolute Gasteiger partial charge is 0.407 e. The number of hydrogen-bond acceptors (Lipinski definition) is 5. The van der Waals surface area contributed by atoms with Crippen molar-refractivity contribution in [1.29, 1.82) is 0 Å². The van der Waals surface area contributed by atoms with Gasteiger partial charge in [-0.05, 0) is 40.9 Å². The number of piperazine rings is 1. The highest BCUT2D eigenvalue weighted by Gasteiger charge is 2.30. The van der Waals surface area contributed by atoms with Crippen LogP contribution in [0.5, 0.6) is 0 Å². The number of carbonyl (C=O) groups excluding carboxylic acids is 1. The predicted octanol–water partition coefficient (Wildman–Crippen LogP) is 3.97. The Morgan fingerprint density at radius 3 is 2.14 bits per heavy atom. The number of aliphatic carboxylic acids is 1. The first-order valence-corrected chi connectivity index (χ1v) is 12.4. The number of anilines is 1. The average molecular weight is 486 g/mol. The maximum absolute atomic E-state index is 12.7. The molecule has 0 radical (unpaired) electrons. The zero-order chi connectivity index (χ0) is 25.1. The number of amides is 1. The molecular weight excluding hydrogens is 454 g/mol. The highest BCUT2D eigenvalue weighted by molar-refractivity contribution is 5.81. The van der Waals surface area contributed by atoms with Crippen molar-refractivity contribution in [2.75, 3.05) is 44.7 Å². The van der Waals surface area contributed by atoms with Crippen LogP contribution in [0.1, 0.15) is 22.6 Å². The molecule has 5 rings (SSSR count). The van der Waals surface area contributed by atoms with Crippen LogP contribution in [-0.4, -0.2) is 67.9 Å². The zero-order valence-corrected chi connectivity index (χ0v) is 20.4. The van der Waals surface area contributed by atoms with Gasteiger partial charge in [-0.1, -0.05) is 66.7 Å². The summed E-state index contributed by atoms with van der Waals surface area (Å²) in [5.74, 6) is -1.17. The number of hydrogen-bond donors (Lipinski definition) is 2. The van der Waals surface area contributed by atoms with E-state index in [1.54, 1.807) is 0 Å². The molecule has 0 saturated carbocycles. The number of carboxylic acid groups (broad SMARTS) is 1. The number of para-hydroxylation sites is 1. The average Bonchev–Trinajstić information content (AvgIpc) is 3.21. The fraction of sp³-hybridized carbons (Fsp3) is 0.310. The molecule has 0 aromatic heterocycles. The van der Waals surface area contributed by atoms with Gasteiger partial charge in [0.05, 0.1) is 0 Å². The lowest BCUT2D eigenvalue weighted by Crippen LogP contribution is -2.46. The Bertz CT molecular complexity index is 1210. The fourth-order valence-electron chi connectivity index (χ4n) is 5.24. The predicted molar refractivity (Wildman–Crippen MR) is 139 cm³/mol. The summed E-state index contributed by atoms with van der Waals surface area (Å²) in [7, 11) is 2.10. The van der Waals surface area contributed by atoms with Gasteiger partial charge in [-0.25, -0.2) is 9.59 Å². The molecular formula is C29H31N3O4. The number of nitrogens with one attached hydrogen (secondary N) is 1. The largest absolute Gasteiger partial charge is 0.480 e. The number of carbonyl (C=O) groups is 2. The first-order chi connectivity index (χ1) is 17.5. The van der Waals surface area contributed by atoms with Crippen molar-refractivity contribution in [3.63, 3.8) is 0 Å². The highest BCUT2D eigenvalue weighted by atomic mass is 16.5. The Morgan fingerprint density at radius 1 is 0.917 bits per heavy atom. The van der Waals surface area contributed by atoms with E-state index in [-0.39, 0.29) is 18.9 Å². The third kappa shape index (κ3) is 4.93. The molecule has 0 bridgehead atoms. The van der Waals surface area contributed by atoms with E-state index in [1.807, 2.05) is 48.5 Å². The van der Waals surface area contributed by atoms with E-state index >= 15 is 0 Å². The van der Waals surface area contributed by atoms with Gasteiger partial charge in [0.15, 0.2) is 0 Å². The van der Waals surface area contributed by atoms with E-state index in [2.05, 4.69) is 46.4 Å². The van der Waals surface area contributed by atoms with Gasteiger partial charge in [-0.2, -0.15) is 0 Å². The summed E-state index contributed by atoms with van der Waals surface area (Å²) >= 11 is 0. The number of fused-ring (bicyclic) bond motifs is 3. The van der Waals surface area contributed by atoms with Gasteiger partial charge in [0.1, 0.15) is 12.6 Å². The minimum atomic E-state index is -1.09. The lowest BCUT2D eigenvalue weighted by atomic mass is 9.98. The summed E-state index contributed by atoms with van der Waals surface area (Å²) in [5, 5.41) is 12.5. The quantitative estimate of drug-likeness (QED) is 0.527. The minimum absolute atomic E-state index is 0.0793. The topological polar surface area (TPSA) is 82.1 Å². The maximum atomic E-state index is 12.7. The van der Waals surface area contributed by atoms with Crippen LogP contribution in [0.15, 0.2) is 72.8 Å². The van der Waals surface area contributed by atoms with E-state index in [9.17, 15) is 14.7 Å². The molecule has 36 heavy (non-hydrogen) atoms. The first-order valence-electron chi connectivity index (χ1n) is 12.4. The van der Waals surface area contributed by atoms with Crippen LogP contribution in [-0.2, 0) is 16.0 Å². The summed E-state index contributed by atoms with van der Waals surface area (Å²) in [6.07, 6.45) is -0.538. The van der Waals surface area contributed by atoms with Gasteiger partial charge in [0.25, 0.3) is 0 Å². The lowest BCUT2D eigenvalue weighted by Gasteiger charge is -2.35. The van der Waals surface area contributed by atoms with Crippen molar-refractivity contribution in [2.24, 2.45) is 0 Å². The summed E-state index contributed by atoms with van der Waals surface area (Å²) in [6.45, 7) is 3.81. The third-order valence-electron chi connectivity index (χ3n) is 7.19. The number of nitrogens with zero attached hydrogens (tertiary/aromatic N) is 2. The number of ether oxygens (including phenoxy) is 1. The highest BCUT2D eigenvalue weighted by Crippen LogP contribution is 2.44. The molecule has 1 fully saturated rings. The minimum Gasteiger partial charge on any atom is -0.480 e. The molecule has 1 unspecified atom stereocenters. The van der Waals surface area contributed by atoms with Crippen molar-refractivity contribution in [1.82, 2.24) is 10.2 Å². The molecule has 3 aromatic rings. The van der Waals surface area contributed by atoms with Gasteiger partial charge >= 0.3 is 12.1 Å². The van der Waals surface area contributed by atoms with E-state index in [4.69, 9.17) is 4.74 Å². The monoisotopic (exact) mass is 485 g/mol. The summed E-state index contributed by atoms with van der Waals surface area (Å²) < 4.78 is 5.59. The van der Waals surface area contributed by atoms with Crippen LogP contribution in [0.25, 0.3) is 11.1 Å². The van der Waals surface area contributed by atoms with E-state index in [0.29, 0.717) is 0 Å². The second-order valence-electron chi connectivity index (χ2n) is 9.48. The second kappa shape index (κ2) is 10.4. The van der Waals surface area contributed by atoms with Crippen molar-refractivity contribution < 1.29 is 19.4 Å². The molecule has 1 aliphatic heterocycles. The summed E-state index contributed by atoms with van der Waals surface area (Å²) in [4.78, 5) is 29.4. The van der Waals surface area contributed by atoms with Gasteiger partial charge in [-0.3, -0.25) is 0 Å². The standard InChI is InChI=1S/C29H31N3O4/c1-31-14-16-32(17-15-31)27-13-7-2-8-20(27)18-26(28(33)34)30-29(35)36-19-25-23-11-5-3-9-21(23)22-10-4-6-12-24(22)25/h2-13,25-26H,14-19H2,1H3,(H,30,35)(H,33,34). The van der Waals surface area contributed by atoms with Crippen LogP contribution in [0.2, 0.25) is 0 Å². The summed E-state index contributed by atoms with van der Waals surface area (Å²) in [5.41, 5.74) is 6.43. The van der Waals surface area contributed by atoms with Crippen LogP contribution in [0.4, 0.5) is 10.5 Å². The Labute approximate surface area is 211 Å². The number of benzene rings is 3. The van der Waals surface area contributed by atoms with Gasteiger partial charge < -0.3 is 25.0 Å². The molecule has 1 atom stereocenters. The molecule has 7 heteroatoms. The fourth-order valence-corrected chi connectivity index (χ4v) is 5.24. The van der Waals surface area contributed by atoms with E-state index in [0.717, 1.165) is 59.7 Å². The molecule has 2 aliphatic rings. The van der Waals surface area contributed by atoms with Gasteiger partial charge in [0.2, 0.25) is 0 Å². The maximum Gasteiger partial charge on any atom is 0.407 e. The van der Waals surface area contributed by atoms with Gasteiger partial charge in [-0.15, -0.1) is 0 Å². The Kier molecular flexibility index (Phi) is 6.91. The number of rotatable bonds is 7. The molecule has 2 N–H and O–H groups in total. The van der Waals surface area contributed by atoms with Crippen LogP contribution < -0.4 is 10.2 Å². The van der Waals surface area contributed by atoms with Crippen molar-refractivity contribution in [2.45, 2.75) is 18.4 Å². The van der Waals surface area contributed by atoms with Gasteiger partial charge in [0, 0.05) is 44.2 Å². The molecule has 3 aromatic carbocycles. The Morgan fingerprint density at radius 2 is 1.50 bits per heavy atom. The van der Waals surface area contributed by atoms with E-state index in [1.165, 1.54) is 0 Å². The molecule has 7 nitrogen and oxygen atoms in total. The molecule has 1 aliphatic carbocycles.